The maximum absolute atomic E-state index is 12.6. The Kier molecular flexibility index (Phi) is 5.18. The highest BCUT2D eigenvalue weighted by Crippen LogP contribution is 2.41. The van der Waals surface area contributed by atoms with Crippen molar-refractivity contribution in [1.82, 2.24) is 10.2 Å². The fourth-order valence-corrected chi connectivity index (χ4v) is 4.22. The van der Waals surface area contributed by atoms with Gasteiger partial charge >= 0.3 is 6.03 Å². The minimum absolute atomic E-state index is 0.251. The van der Waals surface area contributed by atoms with Crippen molar-refractivity contribution in [3.8, 4) is 0 Å². The molecule has 0 unspecified atom stereocenters. The summed E-state index contributed by atoms with van der Waals surface area (Å²) in [6.45, 7) is 4.20. The third kappa shape index (κ3) is 4.09. The summed E-state index contributed by atoms with van der Waals surface area (Å²) in [5.74, 6) is -0.251. The molecule has 2 aliphatic carbocycles. The molecule has 2 aliphatic rings. The van der Waals surface area contributed by atoms with Gasteiger partial charge in [-0.05, 0) is 62.3 Å². The molecule has 2 N–H and O–H groups in total. The molecule has 2 aromatic rings. The molecule has 5 nitrogen and oxygen atoms in total. The number of amides is 3. The Hall–Kier alpha value is -2.66. The minimum atomic E-state index is -0.473. The zero-order chi connectivity index (χ0) is 19.7. The van der Waals surface area contributed by atoms with Gasteiger partial charge in [-0.1, -0.05) is 42.0 Å². The van der Waals surface area contributed by atoms with Crippen molar-refractivity contribution in [2.24, 2.45) is 0 Å². The summed E-state index contributed by atoms with van der Waals surface area (Å²) >= 11 is 0. The summed E-state index contributed by atoms with van der Waals surface area (Å²) in [4.78, 5) is 27.1. The van der Waals surface area contributed by atoms with Crippen molar-refractivity contribution in [1.29, 1.82) is 0 Å². The van der Waals surface area contributed by atoms with Crippen LogP contribution < -0.4 is 10.6 Å². The molecule has 28 heavy (non-hydrogen) atoms. The second-order valence-electron chi connectivity index (χ2n) is 7.98. The van der Waals surface area contributed by atoms with Gasteiger partial charge in [-0.2, -0.15) is 0 Å². The molecule has 0 bridgehead atoms. The Morgan fingerprint density at radius 1 is 1.07 bits per heavy atom. The number of anilines is 1. The summed E-state index contributed by atoms with van der Waals surface area (Å²) in [6, 6.07) is 14.6. The Bertz CT molecular complexity index is 904. The normalized spacial score (nSPS) is 18.0. The number of carbonyl (C=O) groups excluding carboxylic acids is 2. The number of rotatable bonds is 5. The lowest BCUT2D eigenvalue weighted by Crippen LogP contribution is -2.43. The van der Waals surface area contributed by atoms with Gasteiger partial charge in [-0.25, -0.2) is 4.79 Å². The summed E-state index contributed by atoms with van der Waals surface area (Å²) < 4.78 is 0. The lowest BCUT2D eigenvalue weighted by atomic mass is 10.1. The van der Waals surface area contributed by atoms with Crippen LogP contribution in [0.4, 0.5) is 10.5 Å². The lowest BCUT2D eigenvalue weighted by molar-refractivity contribution is -0.121. The number of imide groups is 1. The van der Waals surface area contributed by atoms with E-state index in [-0.39, 0.29) is 18.5 Å². The first kappa shape index (κ1) is 18.7. The third-order valence-electron chi connectivity index (χ3n) is 5.73. The van der Waals surface area contributed by atoms with Gasteiger partial charge in [0.05, 0.1) is 6.54 Å². The number of hydrogen-bond donors (Lipinski definition) is 2. The molecule has 1 atom stereocenters. The number of benzene rings is 2. The van der Waals surface area contributed by atoms with E-state index in [2.05, 4.69) is 39.8 Å². The first-order valence-corrected chi connectivity index (χ1v) is 10.0. The van der Waals surface area contributed by atoms with Crippen LogP contribution in [0.2, 0.25) is 0 Å². The smallest absolute Gasteiger partial charge is 0.307 e. The molecule has 0 radical (unpaired) electrons. The molecule has 0 aromatic heterocycles. The van der Waals surface area contributed by atoms with Crippen LogP contribution in [-0.2, 0) is 11.2 Å². The molecular weight excluding hydrogens is 350 g/mol. The minimum Gasteiger partial charge on any atom is -0.307 e. The topological polar surface area (TPSA) is 61.4 Å². The van der Waals surface area contributed by atoms with Crippen LogP contribution in [0.5, 0.6) is 0 Å². The monoisotopic (exact) mass is 377 g/mol. The molecule has 4 rings (SSSR count). The molecule has 0 spiro atoms. The highest BCUT2D eigenvalue weighted by molar-refractivity contribution is 6.02. The molecule has 2 aromatic carbocycles. The molecule has 1 saturated carbocycles. The van der Waals surface area contributed by atoms with Crippen LogP contribution >= 0.6 is 0 Å². The Morgan fingerprint density at radius 3 is 2.61 bits per heavy atom. The standard InChI is InChI=1S/C23H27N3O2/c1-15-7-11-20(16(2)13-15)24-23(28)25-22(27)14-26(18-9-10-18)21-12-8-17-5-3-4-6-19(17)21/h3-7,11,13,18,21H,8-10,12,14H2,1-2H3,(H2,24,25,27,28)/t21-/m0/s1. The summed E-state index contributed by atoms with van der Waals surface area (Å²) in [5.41, 5.74) is 5.55. The number of nitrogens with zero attached hydrogens (tertiary/aromatic N) is 1. The quantitative estimate of drug-likeness (QED) is 0.825. The maximum atomic E-state index is 12.6. The molecule has 0 aliphatic heterocycles. The van der Waals surface area contributed by atoms with Crippen LogP contribution in [-0.4, -0.2) is 29.4 Å². The van der Waals surface area contributed by atoms with E-state index in [0.29, 0.717) is 6.04 Å². The third-order valence-corrected chi connectivity index (χ3v) is 5.73. The second-order valence-corrected chi connectivity index (χ2v) is 7.98. The molecule has 146 valence electrons. The number of hydrogen-bond acceptors (Lipinski definition) is 3. The van der Waals surface area contributed by atoms with E-state index >= 15 is 0 Å². The Morgan fingerprint density at radius 2 is 1.86 bits per heavy atom. The summed E-state index contributed by atoms with van der Waals surface area (Å²) in [5, 5.41) is 5.28. The van der Waals surface area contributed by atoms with Gasteiger partial charge in [0, 0.05) is 17.8 Å². The van der Waals surface area contributed by atoms with E-state index in [1.165, 1.54) is 11.1 Å². The maximum Gasteiger partial charge on any atom is 0.325 e. The summed E-state index contributed by atoms with van der Waals surface area (Å²) in [7, 11) is 0. The predicted molar refractivity (Wildman–Crippen MR) is 110 cm³/mol. The molecule has 1 fully saturated rings. The second kappa shape index (κ2) is 7.76. The van der Waals surface area contributed by atoms with Crippen molar-refractivity contribution in [3.05, 3.63) is 64.7 Å². The number of nitrogens with one attached hydrogen (secondary N) is 2. The fourth-order valence-electron chi connectivity index (χ4n) is 4.22. The van der Waals surface area contributed by atoms with Crippen LogP contribution in [0.25, 0.3) is 0 Å². The van der Waals surface area contributed by atoms with Crippen molar-refractivity contribution < 1.29 is 9.59 Å². The van der Waals surface area contributed by atoms with E-state index in [1.807, 2.05) is 32.0 Å². The van der Waals surface area contributed by atoms with Crippen molar-refractivity contribution >= 4 is 17.6 Å². The first-order valence-electron chi connectivity index (χ1n) is 10.0. The number of carbonyl (C=O) groups is 2. The number of aryl methyl sites for hydroxylation is 3. The highest BCUT2D eigenvalue weighted by Gasteiger charge is 2.38. The van der Waals surface area contributed by atoms with Crippen LogP contribution in [0.3, 0.4) is 0 Å². The van der Waals surface area contributed by atoms with Crippen LogP contribution in [0.15, 0.2) is 42.5 Å². The van der Waals surface area contributed by atoms with Gasteiger partial charge in [-0.3, -0.25) is 15.0 Å². The zero-order valence-corrected chi connectivity index (χ0v) is 16.5. The lowest BCUT2D eigenvalue weighted by Gasteiger charge is -2.29. The van der Waals surface area contributed by atoms with Gasteiger partial charge in [0.15, 0.2) is 0 Å². The highest BCUT2D eigenvalue weighted by atomic mass is 16.2. The average molecular weight is 377 g/mol. The Labute approximate surface area is 166 Å². The van der Waals surface area contributed by atoms with E-state index in [1.54, 1.807) is 0 Å². The first-order chi connectivity index (χ1) is 13.5. The largest absolute Gasteiger partial charge is 0.325 e. The van der Waals surface area contributed by atoms with E-state index < -0.39 is 6.03 Å². The van der Waals surface area contributed by atoms with Gasteiger partial charge in [0.1, 0.15) is 0 Å². The molecule has 0 heterocycles. The molecule has 0 saturated heterocycles. The molecule has 5 heteroatoms. The molecule has 3 amide bonds. The zero-order valence-electron chi connectivity index (χ0n) is 16.5. The average Bonchev–Trinajstić information content (AvgIpc) is 3.41. The van der Waals surface area contributed by atoms with E-state index in [4.69, 9.17) is 0 Å². The van der Waals surface area contributed by atoms with E-state index in [0.717, 1.165) is 42.5 Å². The van der Waals surface area contributed by atoms with E-state index in [9.17, 15) is 9.59 Å². The van der Waals surface area contributed by atoms with Crippen LogP contribution in [0, 0.1) is 13.8 Å². The van der Waals surface area contributed by atoms with Crippen molar-refractivity contribution in [2.45, 2.75) is 51.6 Å². The van der Waals surface area contributed by atoms with Crippen molar-refractivity contribution in [3.63, 3.8) is 0 Å². The van der Waals surface area contributed by atoms with Gasteiger partial charge in [-0.15, -0.1) is 0 Å². The van der Waals surface area contributed by atoms with Gasteiger partial charge < -0.3 is 5.32 Å². The number of fused-ring (bicyclic) bond motifs is 1. The fraction of sp³-hybridized carbons (Fsp3) is 0.391. The summed E-state index contributed by atoms with van der Waals surface area (Å²) in [6.07, 6.45) is 4.35. The van der Waals surface area contributed by atoms with Crippen molar-refractivity contribution in [2.75, 3.05) is 11.9 Å². The van der Waals surface area contributed by atoms with Crippen LogP contribution in [0.1, 0.15) is 47.6 Å². The van der Waals surface area contributed by atoms with Gasteiger partial charge in [0.25, 0.3) is 0 Å². The molecular formula is C23H27N3O2. The predicted octanol–water partition coefficient (Wildman–Crippen LogP) is 4.10. The SMILES string of the molecule is Cc1ccc(NC(=O)NC(=O)CN(C2CC2)[C@H]2CCc3ccccc32)c(C)c1. The number of urea groups is 1. The Balaban J connectivity index is 1.38. The van der Waals surface area contributed by atoms with Gasteiger partial charge in [0.2, 0.25) is 5.91 Å².